The normalized spacial score (nSPS) is 11.4. The van der Waals surface area contributed by atoms with E-state index in [-0.39, 0.29) is 10.8 Å². The summed E-state index contributed by atoms with van der Waals surface area (Å²) in [6.07, 6.45) is 0. The standard InChI is InChI=1S/C33H33.C13H8Cl2.C5H5.2ClH.Hf/c1-32(2,3)30-20-26-24(18-28(30)22-13-9-7-10-14-22)17-25-19-29(23-15-11-8-12-16-23)31(21-27(25)26)33(4,5)6;14-12-5-1-10(2-6-12)9-11-3-7-13(15)8-4-11;1-2-4-5-3-1;;;/h7-21H,1-6H3;1-8H;1-5H;2*1H;/q-1;;-1;;;+2/p-2. The maximum Gasteiger partial charge on any atom is -0.172 e. The van der Waals surface area contributed by atoms with Crippen molar-refractivity contribution in [3.63, 3.8) is 0 Å². The van der Waals surface area contributed by atoms with E-state index in [4.69, 9.17) is 40.4 Å². The van der Waals surface area contributed by atoms with Gasteiger partial charge in [-0.3, -0.25) is 0 Å². The van der Waals surface area contributed by atoms with Crippen LogP contribution in [0.2, 0.25) is 10.0 Å². The largest absolute Gasteiger partial charge is 0.214 e. The first-order valence-corrected chi connectivity index (χ1v) is 30.2. The zero-order chi connectivity index (χ0) is 40.0. The molecule has 8 aromatic rings. The molecule has 0 bridgehead atoms. The average molecular weight is 979 g/mol. The van der Waals surface area contributed by atoms with Crippen molar-refractivity contribution in [1.82, 2.24) is 0 Å². The molecular weight excluding hydrogens is 933 g/mol. The monoisotopic (exact) mass is 978 g/mol. The number of benzene rings is 6. The van der Waals surface area contributed by atoms with Crippen LogP contribution >= 0.6 is 40.4 Å². The van der Waals surface area contributed by atoms with Crippen molar-refractivity contribution < 1.29 is 18.6 Å². The first kappa shape index (κ1) is 42.1. The molecule has 0 fully saturated rings. The summed E-state index contributed by atoms with van der Waals surface area (Å²) in [7, 11) is 12.5. The van der Waals surface area contributed by atoms with Gasteiger partial charge in [-0.2, -0.15) is 18.2 Å². The Balaban J connectivity index is 0.000000192. The molecule has 0 radical (unpaired) electrons. The summed E-state index contributed by atoms with van der Waals surface area (Å²) in [4.78, 5) is 0. The molecule has 0 aromatic heterocycles. The Bertz CT molecular complexity index is 2350. The third-order valence-corrected chi connectivity index (χ3v) is 16.8. The van der Waals surface area contributed by atoms with Gasteiger partial charge in [-0.05, 0) is 44.2 Å². The molecule has 0 aliphatic carbocycles. The van der Waals surface area contributed by atoms with Crippen LogP contribution in [0, 0.1) is 0 Å². The zero-order valence-electron chi connectivity index (χ0n) is 32.7. The predicted octanol–water partition coefficient (Wildman–Crippen LogP) is 16.5. The second-order valence-electron chi connectivity index (χ2n) is 16.0. The van der Waals surface area contributed by atoms with E-state index < -0.39 is 18.6 Å². The van der Waals surface area contributed by atoms with Gasteiger partial charge in [-0.25, -0.2) is 12.1 Å². The smallest absolute Gasteiger partial charge is 0.172 e. The minimum absolute atomic E-state index is 0.0554. The molecule has 0 unspecified atom stereocenters. The van der Waals surface area contributed by atoms with Gasteiger partial charge in [-0.15, -0.1) is 39.7 Å². The first-order valence-electron chi connectivity index (χ1n) is 18.8. The van der Waals surface area contributed by atoms with E-state index >= 15 is 0 Å². The van der Waals surface area contributed by atoms with Crippen LogP contribution in [0.5, 0.6) is 0 Å². The van der Waals surface area contributed by atoms with Gasteiger partial charge >= 0.3 is 132 Å². The number of fused-ring (bicyclic) bond motifs is 3. The molecule has 0 saturated carbocycles. The first-order chi connectivity index (χ1) is 26.7. The molecule has 0 nitrogen and oxygen atoms in total. The van der Waals surface area contributed by atoms with Crippen LogP contribution in [0.4, 0.5) is 0 Å². The summed E-state index contributed by atoms with van der Waals surface area (Å²) in [5.74, 6) is 0. The fraction of sp³-hybridized carbons (Fsp3) is 0.157. The van der Waals surface area contributed by atoms with E-state index in [1.165, 1.54) is 54.9 Å². The van der Waals surface area contributed by atoms with Gasteiger partial charge in [-0.1, -0.05) is 114 Å². The Labute approximate surface area is 357 Å². The van der Waals surface area contributed by atoms with Gasteiger partial charge in [0.25, 0.3) is 0 Å². The van der Waals surface area contributed by atoms with Gasteiger partial charge in [0.1, 0.15) is 0 Å². The minimum Gasteiger partial charge on any atom is -0.214 e. The summed E-state index contributed by atoms with van der Waals surface area (Å²) >= 11 is 9.05. The van der Waals surface area contributed by atoms with Crippen LogP contribution in [-0.2, 0) is 29.4 Å². The van der Waals surface area contributed by atoms with Crippen molar-refractivity contribution in [2.45, 2.75) is 52.4 Å². The molecule has 0 N–H and O–H groups in total. The Morgan fingerprint density at radius 2 is 0.857 bits per heavy atom. The van der Waals surface area contributed by atoms with E-state index in [0.29, 0.717) is 10.0 Å². The quantitative estimate of drug-likeness (QED) is 0.122. The van der Waals surface area contributed by atoms with Crippen LogP contribution in [0.3, 0.4) is 0 Å². The van der Waals surface area contributed by atoms with Crippen molar-refractivity contribution in [3.8, 4) is 22.3 Å². The Morgan fingerprint density at radius 1 is 0.482 bits per heavy atom. The molecule has 8 aromatic carbocycles. The SMILES string of the molecule is CC(C)(C)c1cc2c(cc1-c1ccccc1)[cH-]c1cc(-c3ccccc3)c(C(C)(C)C)cc12.Clc1ccc([C](c2ccc(Cl)cc2)=[Hf]([Cl])[Cl])cc1.c1cc[cH-]c1. The Hall–Kier alpha value is -3.56. The predicted molar refractivity (Wildman–Crippen MR) is 245 cm³/mol. The van der Waals surface area contributed by atoms with Gasteiger partial charge in [0.05, 0.1) is 0 Å². The summed E-state index contributed by atoms with van der Waals surface area (Å²) in [5.41, 5.74) is 10.2. The summed E-state index contributed by atoms with van der Waals surface area (Å²) in [5, 5.41) is 6.76. The third kappa shape index (κ3) is 10.3. The fourth-order valence-corrected chi connectivity index (χ4v) is 13.6. The fourth-order valence-electron chi connectivity index (χ4n) is 7.00. The number of hydrogen-bond acceptors (Lipinski definition) is 0. The van der Waals surface area contributed by atoms with Crippen molar-refractivity contribution >= 4 is 65.2 Å². The number of rotatable bonds is 4. The average Bonchev–Trinajstić information content (AvgIpc) is 3.88. The van der Waals surface area contributed by atoms with Gasteiger partial charge in [0.2, 0.25) is 0 Å². The van der Waals surface area contributed by atoms with Crippen LogP contribution in [0.1, 0.15) is 63.8 Å². The van der Waals surface area contributed by atoms with Gasteiger partial charge in [0, 0.05) is 0 Å². The molecule has 5 heteroatoms. The molecule has 0 amide bonds. The minimum atomic E-state index is -2.73. The molecule has 0 heterocycles. The Kier molecular flexibility index (Phi) is 13.8. The maximum absolute atomic E-state index is 6.27. The zero-order valence-corrected chi connectivity index (χ0v) is 39.3. The number of hydrogen-bond donors (Lipinski definition) is 0. The van der Waals surface area contributed by atoms with Gasteiger partial charge in [0.15, 0.2) is 0 Å². The molecule has 0 saturated heterocycles. The molecular formula is C51H46Cl4Hf-2. The second-order valence-corrected chi connectivity index (χ2v) is 28.3. The molecule has 56 heavy (non-hydrogen) atoms. The van der Waals surface area contributed by atoms with Crippen LogP contribution in [0.15, 0.2) is 170 Å². The van der Waals surface area contributed by atoms with Crippen LogP contribution < -0.4 is 0 Å². The third-order valence-electron chi connectivity index (χ3n) is 9.78. The van der Waals surface area contributed by atoms with Crippen molar-refractivity contribution in [2.24, 2.45) is 0 Å². The molecule has 284 valence electrons. The molecule has 0 aliphatic heterocycles. The molecule has 0 atom stereocenters. The van der Waals surface area contributed by atoms with Crippen molar-refractivity contribution in [1.29, 1.82) is 0 Å². The summed E-state index contributed by atoms with van der Waals surface area (Å²) in [6.45, 7) is 13.9. The molecule has 0 aliphatic rings. The molecule has 0 spiro atoms. The summed E-state index contributed by atoms with van der Waals surface area (Å²) in [6, 6.07) is 58.9. The number of halogens is 4. The van der Waals surface area contributed by atoms with Crippen LogP contribution in [-0.4, -0.2) is 3.26 Å². The second kappa shape index (κ2) is 18.4. The van der Waals surface area contributed by atoms with E-state index in [1.54, 1.807) is 0 Å². The summed E-state index contributed by atoms with van der Waals surface area (Å²) < 4.78 is 1.05. The van der Waals surface area contributed by atoms with Gasteiger partial charge < -0.3 is 0 Å². The van der Waals surface area contributed by atoms with E-state index in [0.717, 1.165) is 14.4 Å². The van der Waals surface area contributed by atoms with E-state index in [1.807, 2.05) is 78.9 Å². The van der Waals surface area contributed by atoms with E-state index in [9.17, 15) is 0 Å². The van der Waals surface area contributed by atoms with Crippen molar-refractivity contribution in [2.75, 3.05) is 0 Å². The van der Waals surface area contributed by atoms with E-state index in [2.05, 4.69) is 133 Å². The Morgan fingerprint density at radius 3 is 1.16 bits per heavy atom. The van der Waals surface area contributed by atoms with Crippen molar-refractivity contribution in [3.05, 3.63) is 202 Å². The topological polar surface area (TPSA) is 0 Å². The maximum atomic E-state index is 6.27. The van der Waals surface area contributed by atoms with Crippen LogP contribution in [0.25, 0.3) is 43.8 Å². The molecule has 8 rings (SSSR count).